The summed E-state index contributed by atoms with van der Waals surface area (Å²) >= 11 is 0. The number of halogens is 3. The van der Waals surface area contributed by atoms with Crippen molar-refractivity contribution in [3.05, 3.63) is 107 Å². The van der Waals surface area contributed by atoms with Gasteiger partial charge in [-0.1, -0.05) is 72.8 Å². The van der Waals surface area contributed by atoms with Crippen molar-refractivity contribution in [2.75, 3.05) is 19.6 Å². The van der Waals surface area contributed by atoms with Crippen LogP contribution >= 0.6 is 0 Å². The molecular formula is C27H28BrF2NO. The van der Waals surface area contributed by atoms with Crippen molar-refractivity contribution in [2.24, 2.45) is 5.41 Å². The summed E-state index contributed by atoms with van der Waals surface area (Å²) < 4.78 is 28.9. The highest BCUT2D eigenvalue weighted by Gasteiger charge is 2.60. The first-order chi connectivity index (χ1) is 15.0. The van der Waals surface area contributed by atoms with Crippen molar-refractivity contribution in [2.45, 2.75) is 31.4 Å². The summed E-state index contributed by atoms with van der Waals surface area (Å²) in [5.74, 6) is -1.50. The highest BCUT2D eigenvalue weighted by atomic mass is 79.9. The van der Waals surface area contributed by atoms with Gasteiger partial charge in [-0.25, -0.2) is 8.78 Å². The van der Waals surface area contributed by atoms with Crippen LogP contribution in [-0.4, -0.2) is 29.2 Å². The quantitative estimate of drug-likeness (QED) is 0.534. The molecule has 0 spiro atoms. The third-order valence-electron chi connectivity index (χ3n) is 7.88. The van der Waals surface area contributed by atoms with E-state index in [-0.39, 0.29) is 22.4 Å². The summed E-state index contributed by atoms with van der Waals surface area (Å²) in [4.78, 5) is 0. The van der Waals surface area contributed by atoms with Crippen LogP contribution in [-0.2, 0) is 12.1 Å². The topological polar surface area (TPSA) is 20.2 Å². The number of benzene rings is 3. The van der Waals surface area contributed by atoms with E-state index in [2.05, 4.69) is 0 Å². The second-order valence-corrected chi connectivity index (χ2v) is 9.36. The summed E-state index contributed by atoms with van der Waals surface area (Å²) in [6.07, 6.45) is 2.55. The van der Waals surface area contributed by atoms with Gasteiger partial charge in [0.05, 0.1) is 19.6 Å². The Hall–Kier alpha value is -2.08. The SMILES string of the molecule is OC(c1ccccc1)(c1ccccc1)C12CC[N+](Cc3cccc(F)c3F)(CC1)CC2.[Br-]. The van der Waals surface area contributed by atoms with E-state index in [1.54, 1.807) is 12.1 Å². The van der Waals surface area contributed by atoms with Gasteiger partial charge >= 0.3 is 0 Å². The molecule has 6 rings (SSSR count). The zero-order valence-electron chi connectivity index (χ0n) is 18.0. The van der Waals surface area contributed by atoms with E-state index in [1.165, 1.54) is 6.07 Å². The van der Waals surface area contributed by atoms with Crippen LogP contribution in [0.3, 0.4) is 0 Å². The minimum Gasteiger partial charge on any atom is -1.00 e. The molecule has 0 radical (unpaired) electrons. The molecule has 0 unspecified atom stereocenters. The van der Waals surface area contributed by atoms with Crippen LogP contribution in [0, 0.1) is 17.0 Å². The van der Waals surface area contributed by atoms with Crippen LogP contribution in [0.2, 0.25) is 0 Å². The first kappa shape index (κ1) is 23.1. The molecule has 3 fully saturated rings. The second kappa shape index (κ2) is 8.69. The fourth-order valence-corrected chi connectivity index (χ4v) is 6.01. The van der Waals surface area contributed by atoms with Gasteiger partial charge in [-0.2, -0.15) is 0 Å². The molecule has 5 heteroatoms. The average molecular weight is 500 g/mol. The Labute approximate surface area is 198 Å². The van der Waals surface area contributed by atoms with E-state index in [4.69, 9.17) is 0 Å². The molecule has 3 saturated heterocycles. The highest BCUT2D eigenvalue weighted by molar-refractivity contribution is 5.39. The molecule has 0 atom stereocenters. The lowest BCUT2D eigenvalue weighted by Gasteiger charge is -2.60. The predicted octanol–water partition coefficient (Wildman–Crippen LogP) is 2.41. The number of quaternary nitrogens is 1. The van der Waals surface area contributed by atoms with Gasteiger partial charge < -0.3 is 26.6 Å². The Balaban J connectivity index is 0.00000245. The molecule has 0 aromatic heterocycles. The van der Waals surface area contributed by atoms with Crippen molar-refractivity contribution >= 4 is 0 Å². The average Bonchev–Trinajstić information content (AvgIpc) is 2.84. The zero-order valence-corrected chi connectivity index (χ0v) is 19.6. The lowest BCUT2D eigenvalue weighted by atomic mass is 9.56. The monoisotopic (exact) mass is 499 g/mol. The molecule has 3 aliphatic heterocycles. The highest BCUT2D eigenvalue weighted by Crippen LogP contribution is 2.57. The molecule has 0 aliphatic carbocycles. The molecule has 3 aliphatic rings. The Bertz CT molecular complexity index is 1010. The standard InChI is InChI=1S/C27H28F2NO.BrH/c28-24-13-7-8-21(25(24)29)20-30-17-14-26(15-18-30,16-19-30)27(31,22-9-3-1-4-10-22)23-11-5-2-6-12-23;/h1-13,31H,14-20H2;1H/q+1;/p-1. The first-order valence-electron chi connectivity index (χ1n) is 11.1. The number of rotatable bonds is 5. The maximum absolute atomic E-state index is 14.4. The second-order valence-electron chi connectivity index (χ2n) is 9.36. The Morgan fingerprint density at radius 3 is 1.75 bits per heavy atom. The van der Waals surface area contributed by atoms with Gasteiger partial charge in [-0.05, 0) is 17.2 Å². The van der Waals surface area contributed by atoms with Gasteiger partial charge in [-0.3, -0.25) is 0 Å². The summed E-state index contributed by atoms with van der Waals surface area (Å²) in [6, 6.07) is 24.5. The molecule has 3 aromatic rings. The number of hydrogen-bond acceptors (Lipinski definition) is 1. The van der Waals surface area contributed by atoms with E-state index < -0.39 is 17.2 Å². The zero-order chi connectivity index (χ0) is 21.5. The van der Waals surface area contributed by atoms with Crippen molar-refractivity contribution < 1.29 is 35.4 Å². The normalized spacial score (nSPS) is 24.7. The van der Waals surface area contributed by atoms with Crippen molar-refractivity contribution in [3.8, 4) is 0 Å². The van der Waals surface area contributed by atoms with Crippen LogP contribution in [0.5, 0.6) is 0 Å². The fourth-order valence-electron chi connectivity index (χ4n) is 6.01. The van der Waals surface area contributed by atoms with Gasteiger partial charge in [-0.15, -0.1) is 0 Å². The van der Waals surface area contributed by atoms with Crippen molar-refractivity contribution in [3.63, 3.8) is 0 Å². The van der Waals surface area contributed by atoms with Crippen LogP contribution < -0.4 is 17.0 Å². The largest absolute Gasteiger partial charge is 1.00 e. The third kappa shape index (κ3) is 3.60. The lowest BCUT2D eigenvalue weighted by Crippen LogP contribution is -3.00. The molecular weight excluding hydrogens is 472 g/mol. The van der Waals surface area contributed by atoms with Gasteiger partial charge in [0, 0.05) is 30.2 Å². The maximum atomic E-state index is 14.4. The molecule has 3 heterocycles. The van der Waals surface area contributed by atoms with Crippen LogP contribution in [0.25, 0.3) is 0 Å². The number of piperidine rings is 3. The van der Waals surface area contributed by atoms with Gasteiger partial charge in [0.2, 0.25) is 0 Å². The number of fused-ring (bicyclic) bond motifs is 3. The minimum atomic E-state index is -1.07. The Morgan fingerprint density at radius 2 is 1.25 bits per heavy atom. The number of nitrogens with zero attached hydrogens (tertiary/aromatic N) is 1. The summed E-state index contributed by atoms with van der Waals surface area (Å²) in [5, 5.41) is 12.4. The smallest absolute Gasteiger partial charge is 0.167 e. The molecule has 0 saturated carbocycles. The van der Waals surface area contributed by atoms with E-state index in [1.807, 2.05) is 60.7 Å². The summed E-state index contributed by atoms with van der Waals surface area (Å²) in [5.41, 5.74) is 0.973. The molecule has 2 nitrogen and oxygen atoms in total. The van der Waals surface area contributed by atoms with Crippen molar-refractivity contribution in [1.29, 1.82) is 0 Å². The predicted molar refractivity (Wildman–Crippen MR) is 117 cm³/mol. The molecule has 168 valence electrons. The Morgan fingerprint density at radius 1 is 0.750 bits per heavy atom. The first-order valence-corrected chi connectivity index (χ1v) is 11.1. The van der Waals surface area contributed by atoms with Crippen LogP contribution in [0.4, 0.5) is 8.78 Å². The molecule has 2 bridgehead atoms. The van der Waals surface area contributed by atoms with E-state index >= 15 is 0 Å². The van der Waals surface area contributed by atoms with Gasteiger partial charge in [0.25, 0.3) is 0 Å². The van der Waals surface area contributed by atoms with Crippen molar-refractivity contribution in [1.82, 2.24) is 0 Å². The minimum absolute atomic E-state index is 0. The maximum Gasteiger partial charge on any atom is 0.167 e. The van der Waals surface area contributed by atoms with E-state index in [0.717, 1.165) is 54.5 Å². The van der Waals surface area contributed by atoms with E-state index in [9.17, 15) is 13.9 Å². The van der Waals surface area contributed by atoms with Gasteiger partial charge in [0.1, 0.15) is 12.1 Å². The van der Waals surface area contributed by atoms with Crippen LogP contribution in [0.1, 0.15) is 36.0 Å². The third-order valence-corrected chi connectivity index (χ3v) is 7.88. The van der Waals surface area contributed by atoms with Gasteiger partial charge in [0.15, 0.2) is 11.6 Å². The van der Waals surface area contributed by atoms with E-state index in [0.29, 0.717) is 12.1 Å². The summed E-state index contributed by atoms with van der Waals surface area (Å²) in [6.45, 7) is 3.09. The van der Waals surface area contributed by atoms with Crippen LogP contribution in [0.15, 0.2) is 78.9 Å². The molecule has 1 N–H and O–H groups in total. The summed E-state index contributed by atoms with van der Waals surface area (Å²) in [7, 11) is 0. The molecule has 32 heavy (non-hydrogen) atoms. The fraction of sp³-hybridized carbons (Fsp3) is 0.333. The lowest BCUT2D eigenvalue weighted by molar-refractivity contribution is -0.958. The molecule has 0 amide bonds. The molecule has 3 aromatic carbocycles. The number of hydrogen-bond donors (Lipinski definition) is 1. The Kier molecular flexibility index (Phi) is 6.27. The number of aliphatic hydroxyl groups is 1.